The molecule has 0 aromatic heterocycles. The maximum Gasteiger partial charge on any atom is 0.337 e. The van der Waals surface area contributed by atoms with Crippen LogP contribution >= 0.6 is 15.2 Å². The number of ether oxygens (including phenoxy) is 1. The average Bonchev–Trinajstić information content (AvgIpc) is 2.01. The first-order chi connectivity index (χ1) is 6.71. The van der Waals surface area contributed by atoms with Crippen LogP contribution in [0.1, 0.15) is 0 Å². The standard InChI is InChI=1S/C4H9NO.CH6O6P2/c1-3-6-4-2-5-1;2-8(3,4)1-9(5,6)7/h5H,1-4H2;1H2,(H2,2,3,4)(H2,5,6,7). The van der Waals surface area contributed by atoms with E-state index in [1.54, 1.807) is 0 Å². The van der Waals surface area contributed by atoms with Crippen molar-refractivity contribution < 1.29 is 33.4 Å². The van der Waals surface area contributed by atoms with Crippen molar-refractivity contribution in [3.63, 3.8) is 0 Å². The molecule has 1 saturated heterocycles. The molecule has 8 nitrogen and oxygen atoms in total. The van der Waals surface area contributed by atoms with Crippen LogP contribution in [0.2, 0.25) is 0 Å². The van der Waals surface area contributed by atoms with Gasteiger partial charge in [0.05, 0.1) is 13.2 Å². The summed E-state index contributed by atoms with van der Waals surface area (Å²) in [7, 11) is -9.10. The number of rotatable bonds is 2. The van der Waals surface area contributed by atoms with Gasteiger partial charge in [0.2, 0.25) is 0 Å². The fraction of sp³-hybridized carbons (Fsp3) is 1.00. The van der Waals surface area contributed by atoms with Crippen LogP contribution in [0.3, 0.4) is 0 Å². The molecule has 0 saturated carbocycles. The summed E-state index contributed by atoms with van der Waals surface area (Å²) < 4.78 is 24.7. The van der Waals surface area contributed by atoms with Crippen molar-refractivity contribution in [2.75, 3.05) is 32.2 Å². The van der Waals surface area contributed by atoms with Crippen molar-refractivity contribution in [2.45, 2.75) is 0 Å². The predicted molar refractivity (Wildman–Crippen MR) is 52.6 cm³/mol. The van der Waals surface area contributed by atoms with Crippen molar-refractivity contribution in [3.05, 3.63) is 0 Å². The lowest BCUT2D eigenvalue weighted by atomic mass is 10.5. The molecule has 1 rings (SSSR count). The Balaban J connectivity index is 0.000000280. The Kier molecular flexibility index (Phi) is 6.83. The largest absolute Gasteiger partial charge is 0.379 e. The molecule has 1 heterocycles. The maximum atomic E-state index is 9.85. The summed E-state index contributed by atoms with van der Waals surface area (Å²) in [6.07, 6.45) is 0. The molecule has 0 aliphatic carbocycles. The Hall–Kier alpha value is 0.220. The van der Waals surface area contributed by atoms with Crippen LogP contribution < -0.4 is 5.32 Å². The topological polar surface area (TPSA) is 136 Å². The van der Waals surface area contributed by atoms with Gasteiger partial charge in [-0.1, -0.05) is 0 Å². The molecular formula is C5H15NO7P2. The molecule has 1 aliphatic rings. The molecule has 92 valence electrons. The zero-order valence-electron chi connectivity index (χ0n) is 7.94. The first-order valence-electron chi connectivity index (χ1n) is 4.08. The lowest BCUT2D eigenvalue weighted by molar-refractivity contribution is 0.109. The van der Waals surface area contributed by atoms with E-state index in [0.717, 1.165) is 26.3 Å². The highest BCUT2D eigenvalue weighted by Gasteiger charge is 2.26. The second-order valence-corrected chi connectivity index (χ2v) is 6.62. The first kappa shape index (κ1) is 15.2. The Labute approximate surface area is 87.0 Å². The van der Waals surface area contributed by atoms with Gasteiger partial charge in [0, 0.05) is 13.1 Å². The minimum Gasteiger partial charge on any atom is -0.379 e. The van der Waals surface area contributed by atoms with Gasteiger partial charge in [-0.2, -0.15) is 0 Å². The van der Waals surface area contributed by atoms with Crippen LogP contribution in [0.4, 0.5) is 0 Å². The van der Waals surface area contributed by atoms with Crippen LogP contribution in [0.15, 0.2) is 0 Å². The van der Waals surface area contributed by atoms with Gasteiger partial charge in [-0.05, 0) is 0 Å². The Bertz CT molecular complexity index is 223. The van der Waals surface area contributed by atoms with Gasteiger partial charge < -0.3 is 29.6 Å². The predicted octanol–water partition coefficient (Wildman–Crippen LogP) is -1.09. The minimum absolute atomic E-state index is 0.889. The minimum atomic E-state index is -4.55. The summed E-state index contributed by atoms with van der Waals surface area (Å²) in [5.74, 6) is -1.38. The van der Waals surface area contributed by atoms with Crippen LogP contribution in [-0.2, 0) is 13.9 Å². The highest BCUT2D eigenvalue weighted by Crippen LogP contribution is 2.51. The molecule has 1 aliphatic heterocycles. The van der Waals surface area contributed by atoms with Gasteiger partial charge in [-0.15, -0.1) is 0 Å². The molecule has 1 fully saturated rings. The van der Waals surface area contributed by atoms with Crippen LogP contribution in [0, 0.1) is 0 Å². The van der Waals surface area contributed by atoms with Crippen molar-refractivity contribution >= 4 is 15.2 Å². The Morgan fingerprint density at radius 2 is 1.40 bits per heavy atom. The quantitative estimate of drug-likeness (QED) is 0.396. The van der Waals surface area contributed by atoms with E-state index in [4.69, 9.17) is 24.3 Å². The van der Waals surface area contributed by atoms with Gasteiger partial charge >= 0.3 is 15.2 Å². The molecular weight excluding hydrogens is 248 g/mol. The third kappa shape index (κ3) is 14.2. The van der Waals surface area contributed by atoms with E-state index in [0.29, 0.717) is 0 Å². The molecule has 0 unspecified atom stereocenters. The van der Waals surface area contributed by atoms with Gasteiger partial charge in [0.1, 0.15) is 0 Å². The van der Waals surface area contributed by atoms with E-state index in [1.807, 2.05) is 0 Å². The van der Waals surface area contributed by atoms with Crippen LogP contribution in [0.5, 0.6) is 0 Å². The van der Waals surface area contributed by atoms with Gasteiger partial charge in [-0.3, -0.25) is 9.13 Å². The molecule has 15 heavy (non-hydrogen) atoms. The van der Waals surface area contributed by atoms with E-state index in [-0.39, 0.29) is 0 Å². The third-order valence-corrected chi connectivity index (χ3v) is 4.16. The van der Waals surface area contributed by atoms with E-state index >= 15 is 0 Å². The molecule has 10 heteroatoms. The molecule has 0 spiro atoms. The number of hydrogen-bond acceptors (Lipinski definition) is 4. The van der Waals surface area contributed by atoms with E-state index in [2.05, 4.69) is 5.32 Å². The molecule has 0 aromatic rings. The summed E-state index contributed by atoms with van der Waals surface area (Å²) in [6, 6.07) is 0. The van der Waals surface area contributed by atoms with E-state index in [9.17, 15) is 9.13 Å². The zero-order chi connectivity index (χ0) is 11.9. The van der Waals surface area contributed by atoms with Crippen molar-refractivity contribution in [3.8, 4) is 0 Å². The maximum absolute atomic E-state index is 9.85. The molecule has 0 radical (unpaired) electrons. The summed E-state index contributed by atoms with van der Waals surface area (Å²) in [6.45, 7) is 3.83. The highest BCUT2D eigenvalue weighted by atomic mass is 31.2. The second-order valence-electron chi connectivity index (χ2n) is 2.83. The average molecular weight is 263 g/mol. The first-order valence-corrected chi connectivity index (χ1v) is 7.68. The lowest BCUT2D eigenvalue weighted by Gasteiger charge is -2.10. The van der Waals surface area contributed by atoms with E-state index in [1.165, 1.54) is 0 Å². The van der Waals surface area contributed by atoms with Crippen LogP contribution in [-0.4, -0.2) is 51.8 Å². The van der Waals surface area contributed by atoms with Gasteiger partial charge in [-0.25, -0.2) is 0 Å². The fourth-order valence-electron chi connectivity index (χ4n) is 0.756. The summed E-state index contributed by atoms with van der Waals surface area (Å²) in [5.41, 5.74) is 0. The summed E-state index contributed by atoms with van der Waals surface area (Å²) in [5, 5.41) is 3.16. The smallest absolute Gasteiger partial charge is 0.337 e. The van der Waals surface area contributed by atoms with Gasteiger partial charge in [0.25, 0.3) is 0 Å². The number of hydrogen-bond donors (Lipinski definition) is 5. The van der Waals surface area contributed by atoms with Crippen molar-refractivity contribution in [2.24, 2.45) is 0 Å². The lowest BCUT2D eigenvalue weighted by Crippen LogP contribution is -2.30. The Morgan fingerprint density at radius 1 is 1.00 bits per heavy atom. The number of nitrogens with one attached hydrogen (secondary N) is 1. The second kappa shape index (κ2) is 6.73. The monoisotopic (exact) mass is 263 g/mol. The SMILES string of the molecule is C1COCCN1.O=P(O)(O)CP(=O)(O)O. The molecule has 5 N–H and O–H groups in total. The summed E-state index contributed by atoms with van der Waals surface area (Å²) >= 11 is 0. The Morgan fingerprint density at radius 3 is 1.47 bits per heavy atom. The normalized spacial score (nSPS) is 17.9. The van der Waals surface area contributed by atoms with Crippen molar-refractivity contribution in [1.82, 2.24) is 5.32 Å². The highest BCUT2D eigenvalue weighted by molar-refractivity contribution is 7.69. The van der Waals surface area contributed by atoms with Crippen LogP contribution in [0.25, 0.3) is 0 Å². The number of morpholine rings is 1. The molecule has 0 aromatic carbocycles. The molecule has 0 atom stereocenters. The molecule has 0 bridgehead atoms. The van der Waals surface area contributed by atoms with Gasteiger partial charge in [0.15, 0.2) is 5.90 Å². The van der Waals surface area contributed by atoms with E-state index < -0.39 is 21.1 Å². The van der Waals surface area contributed by atoms with Crippen molar-refractivity contribution in [1.29, 1.82) is 0 Å². The summed E-state index contributed by atoms with van der Waals surface area (Å²) in [4.78, 5) is 31.9. The third-order valence-electron chi connectivity index (χ3n) is 1.21. The fourth-order valence-corrected chi connectivity index (χ4v) is 2.68. The molecule has 0 amide bonds. The zero-order valence-corrected chi connectivity index (χ0v) is 9.73.